The molecule has 2 N–H and O–H groups in total. The number of hydrogen-bond acceptors (Lipinski definition) is 3. The molecule has 25 heavy (non-hydrogen) atoms. The van der Waals surface area contributed by atoms with E-state index < -0.39 is 11.4 Å². The predicted octanol–water partition coefficient (Wildman–Crippen LogP) is 3.70. The molecule has 2 aromatic rings. The number of aliphatic hydroxyl groups is 1. The van der Waals surface area contributed by atoms with E-state index in [1.54, 1.807) is 11.1 Å². The zero-order chi connectivity index (χ0) is 18.0. The molecule has 1 aliphatic heterocycles. The maximum Gasteiger partial charge on any atom is 0.321 e. The molecule has 1 fully saturated rings. The Kier molecular flexibility index (Phi) is 4.92. The Hall–Kier alpha value is -2.18. The fourth-order valence-electron chi connectivity index (χ4n) is 2.91. The number of urea groups is 1. The predicted molar refractivity (Wildman–Crippen MR) is 94.1 cm³/mol. The summed E-state index contributed by atoms with van der Waals surface area (Å²) in [5.41, 5.74) is 0.913. The lowest BCUT2D eigenvalue weighted by Gasteiger charge is -2.37. The summed E-state index contributed by atoms with van der Waals surface area (Å²) in [4.78, 5) is 18.2. The molecule has 0 atom stereocenters. The van der Waals surface area contributed by atoms with Crippen molar-refractivity contribution in [1.82, 2.24) is 9.88 Å². The highest BCUT2D eigenvalue weighted by Crippen LogP contribution is 2.32. The first-order chi connectivity index (χ1) is 11.9. The van der Waals surface area contributed by atoms with Crippen molar-refractivity contribution in [3.63, 3.8) is 0 Å². The summed E-state index contributed by atoms with van der Waals surface area (Å²) in [6.45, 7) is 2.69. The number of nitrogens with one attached hydrogen (secondary N) is 1. The minimum absolute atomic E-state index is 0.216. The summed E-state index contributed by atoms with van der Waals surface area (Å²) >= 11 is 5.79. The first kappa shape index (κ1) is 17.6. The molecule has 0 spiro atoms. The van der Waals surface area contributed by atoms with E-state index in [0.717, 1.165) is 5.56 Å². The van der Waals surface area contributed by atoms with E-state index >= 15 is 0 Å². The minimum atomic E-state index is -1.04. The summed E-state index contributed by atoms with van der Waals surface area (Å²) in [5, 5.41) is 13.7. The van der Waals surface area contributed by atoms with Crippen molar-refractivity contribution in [2.24, 2.45) is 0 Å². The van der Waals surface area contributed by atoms with E-state index in [-0.39, 0.29) is 11.1 Å². The number of halogens is 2. The summed E-state index contributed by atoms with van der Waals surface area (Å²) < 4.78 is 13.3. The first-order valence-corrected chi connectivity index (χ1v) is 8.41. The van der Waals surface area contributed by atoms with Crippen molar-refractivity contribution in [2.45, 2.75) is 25.4 Å². The Bertz CT molecular complexity index is 754. The third-order valence-electron chi connectivity index (χ3n) is 4.38. The van der Waals surface area contributed by atoms with Crippen molar-refractivity contribution >= 4 is 23.3 Å². The van der Waals surface area contributed by atoms with Crippen LogP contribution in [0.5, 0.6) is 0 Å². The van der Waals surface area contributed by atoms with Crippen LogP contribution in [-0.4, -0.2) is 34.1 Å². The Balaban J connectivity index is 1.63. The number of aromatic nitrogens is 1. The van der Waals surface area contributed by atoms with Crippen LogP contribution in [0.2, 0.25) is 5.02 Å². The van der Waals surface area contributed by atoms with Gasteiger partial charge in [-0.2, -0.15) is 0 Å². The molecule has 3 rings (SSSR count). The third kappa shape index (κ3) is 4.08. The average molecular weight is 364 g/mol. The van der Waals surface area contributed by atoms with Gasteiger partial charge in [-0.05, 0) is 49.6 Å². The normalized spacial score (nSPS) is 16.6. The standard InChI is InChI=1S/C18H19ClFN3O2/c1-12-2-3-16(21-11-12)18(25)4-6-23(7-5-18)17(24)22-15-9-13(19)8-14(20)10-15/h2-3,8-11,25H,4-7H2,1H3,(H,22,24). The van der Waals surface area contributed by atoms with Crippen LogP contribution in [-0.2, 0) is 5.60 Å². The zero-order valence-corrected chi connectivity index (χ0v) is 14.6. The molecule has 1 aliphatic rings. The van der Waals surface area contributed by atoms with E-state index in [2.05, 4.69) is 10.3 Å². The van der Waals surface area contributed by atoms with Crippen LogP contribution in [0.4, 0.5) is 14.9 Å². The molecule has 1 aromatic carbocycles. The quantitative estimate of drug-likeness (QED) is 0.855. The molecule has 0 unspecified atom stereocenters. The van der Waals surface area contributed by atoms with E-state index in [4.69, 9.17) is 11.6 Å². The number of carbonyl (C=O) groups is 1. The smallest absolute Gasteiger partial charge is 0.321 e. The van der Waals surface area contributed by atoms with Gasteiger partial charge in [-0.1, -0.05) is 17.7 Å². The third-order valence-corrected chi connectivity index (χ3v) is 4.60. The van der Waals surface area contributed by atoms with Gasteiger partial charge in [-0.3, -0.25) is 4.98 Å². The number of aryl methyl sites for hydroxylation is 1. The molecule has 2 heterocycles. The minimum Gasteiger partial charge on any atom is -0.383 e. The molecule has 2 amide bonds. The number of anilines is 1. The molecule has 1 aromatic heterocycles. The van der Waals surface area contributed by atoms with E-state index in [9.17, 15) is 14.3 Å². The SMILES string of the molecule is Cc1ccc(C2(O)CCN(C(=O)Nc3cc(F)cc(Cl)c3)CC2)nc1. The van der Waals surface area contributed by atoms with Crippen molar-refractivity contribution in [1.29, 1.82) is 0 Å². The molecule has 5 nitrogen and oxygen atoms in total. The summed E-state index contributed by atoms with van der Waals surface area (Å²) in [5.74, 6) is -0.513. The van der Waals surface area contributed by atoms with Gasteiger partial charge in [-0.25, -0.2) is 9.18 Å². The van der Waals surface area contributed by atoms with Gasteiger partial charge in [0.05, 0.1) is 5.69 Å². The van der Waals surface area contributed by atoms with Crippen molar-refractivity contribution in [2.75, 3.05) is 18.4 Å². The number of hydrogen-bond donors (Lipinski definition) is 2. The fraction of sp³-hybridized carbons (Fsp3) is 0.333. The van der Waals surface area contributed by atoms with Gasteiger partial charge < -0.3 is 15.3 Å². The fourth-order valence-corrected chi connectivity index (χ4v) is 3.13. The van der Waals surface area contributed by atoms with Gasteiger partial charge in [0.1, 0.15) is 11.4 Å². The van der Waals surface area contributed by atoms with E-state index in [0.29, 0.717) is 37.3 Å². The largest absolute Gasteiger partial charge is 0.383 e. The van der Waals surface area contributed by atoms with Crippen molar-refractivity contribution < 1.29 is 14.3 Å². The number of piperidine rings is 1. The van der Waals surface area contributed by atoms with Crippen LogP contribution in [0, 0.1) is 12.7 Å². The monoisotopic (exact) mass is 363 g/mol. The lowest BCUT2D eigenvalue weighted by Crippen LogP contribution is -2.47. The highest BCUT2D eigenvalue weighted by atomic mass is 35.5. The van der Waals surface area contributed by atoms with E-state index in [1.165, 1.54) is 18.2 Å². The van der Waals surface area contributed by atoms with Crippen LogP contribution < -0.4 is 5.32 Å². The molecule has 7 heteroatoms. The second-order valence-corrected chi connectivity index (χ2v) is 6.76. The van der Waals surface area contributed by atoms with Gasteiger partial charge in [0.25, 0.3) is 0 Å². The summed E-state index contributed by atoms with van der Waals surface area (Å²) in [6, 6.07) is 7.25. The molecule has 1 saturated heterocycles. The highest BCUT2D eigenvalue weighted by molar-refractivity contribution is 6.30. The topological polar surface area (TPSA) is 65.5 Å². The number of benzene rings is 1. The molecular weight excluding hydrogens is 345 g/mol. The summed E-state index contributed by atoms with van der Waals surface area (Å²) in [7, 11) is 0. The number of rotatable bonds is 2. The van der Waals surface area contributed by atoms with Crippen LogP contribution in [0.3, 0.4) is 0 Å². The van der Waals surface area contributed by atoms with Gasteiger partial charge >= 0.3 is 6.03 Å². The zero-order valence-electron chi connectivity index (χ0n) is 13.8. The van der Waals surface area contributed by atoms with Crippen molar-refractivity contribution in [3.8, 4) is 0 Å². The molecule has 132 valence electrons. The lowest BCUT2D eigenvalue weighted by atomic mass is 9.87. The lowest BCUT2D eigenvalue weighted by molar-refractivity contribution is -0.0193. The maximum absolute atomic E-state index is 13.3. The van der Waals surface area contributed by atoms with Crippen LogP contribution >= 0.6 is 11.6 Å². The Morgan fingerprint density at radius 2 is 2.04 bits per heavy atom. The maximum atomic E-state index is 13.3. The Morgan fingerprint density at radius 1 is 1.32 bits per heavy atom. The summed E-state index contributed by atoms with van der Waals surface area (Å²) in [6.07, 6.45) is 2.50. The molecule has 0 bridgehead atoms. The Labute approximate surface area is 150 Å². The van der Waals surface area contributed by atoms with Gasteiger partial charge in [0.15, 0.2) is 0 Å². The van der Waals surface area contributed by atoms with Gasteiger partial charge in [-0.15, -0.1) is 0 Å². The van der Waals surface area contributed by atoms with Crippen LogP contribution in [0.25, 0.3) is 0 Å². The van der Waals surface area contributed by atoms with Gasteiger partial charge in [0.2, 0.25) is 0 Å². The van der Waals surface area contributed by atoms with E-state index in [1.807, 2.05) is 19.1 Å². The van der Waals surface area contributed by atoms with Crippen LogP contribution in [0.1, 0.15) is 24.1 Å². The molecule has 0 saturated carbocycles. The van der Waals surface area contributed by atoms with Crippen LogP contribution in [0.15, 0.2) is 36.5 Å². The average Bonchev–Trinajstić information content (AvgIpc) is 2.55. The first-order valence-electron chi connectivity index (χ1n) is 8.03. The van der Waals surface area contributed by atoms with Crippen molar-refractivity contribution in [3.05, 3.63) is 58.6 Å². The number of amides is 2. The second-order valence-electron chi connectivity index (χ2n) is 6.33. The number of nitrogens with zero attached hydrogens (tertiary/aromatic N) is 2. The molecule has 0 aliphatic carbocycles. The van der Waals surface area contributed by atoms with Gasteiger partial charge in [0, 0.05) is 30.0 Å². The highest BCUT2D eigenvalue weighted by Gasteiger charge is 2.36. The molecular formula is C18H19ClFN3O2. The number of carbonyl (C=O) groups excluding carboxylic acids is 1. The number of pyridine rings is 1. The number of likely N-dealkylation sites (tertiary alicyclic amines) is 1. The Morgan fingerprint density at radius 3 is 2.64 bits per heavy atom. The second kappa shape index (κ2) is 6.98. The molecule has 0 radical (unpaired) electrons.